The van der Waals surface area contributed by atoms with Crippen LogP contribution in [0.1, 0.15) is 47.4 Å². The van der Waals surface area contributed by atoms with Crippen LogP contribution in [0.5, 0.6) is 5.75 Å². The number of hydrogen-bond donors (Lipinski definition) is 0. The van der Waals surface area contributed by atoms with Crippen LogP contribution in [0.3, 0.4) is 0 Å². The predicted octanol–water partition coefficient (Wildman–Crippen LogP) is 4.25. The van der Waals surface area contributed by atoms with Crippen molar-refractivity contribution in [2.75, 3.05) is 18.6 Å². The zero-order valence-electron chi connectivity index (χ0n) is 18.4. The fraction of sp³-hybridized carbons (Fsp3) is 0.375. The van der Waals surface area contributed by atoms with Crippen LogP contribution >= 0.6 is 12.2 Å². The minimum Gasteiger partial charge on any atom is -0.489 e. The highest BCUT2D eigenvalue weighted by atomic mass is 32.1. The van der Waals surface area contributed by atoms with Gasteiger partial charge in [0.15, 0.2) is 11.6 Å². The maximum Gasteiger partial charge on any atom is 0.217 e. The van der Waals surface area contributed by atoms with E-state index in [1.165, 1.54) is 5.56 Å². The topological polar surface area (TPSA) is 73.1 Å². The van der Waals surface area contributed by atoms with Crippen molar-refractivity contribution in [1.82, 2.24) is 19.7 Å². The summed E-state index contributed by atoms with van der Waals surface area (Å²) in [6.07, 6.45) is 6.29. The predicted molar refractivity (Wildman–Crippen MR) is 127 cm³/mol. The third-order valence-electron chi connectivity index (χ3n) is 5.61. The Morgan fingerprint density at radius 3 is 2.94 bits per heavy atom. The molecule has 0 saturated heterocycles. The lowest BCUT2D eigenvalue weighted by Crippen LogP contribution is -2.32. The van der Waals surface area contributed by atoms with Crippen molar-refractivity contribution in [3.8, 4) is 5.75 Å². The average molecular weight is 450 g/mol. The maximum absolute atomic E-state index is 12.5. The van der Waals surface area contributed by atoms with Crippen LogP contribution in [-0.2, 0) is 6.54 Å². The number of ketones is 1. The van der Waals surface area contributed by atoms with Gasteiger partial charge in [-0.05, 0) is 37.5 Å². The van der Waals surface area contributed by atoms with Gasteiger partial charge >= 0.3 is 0 Å². The summed E-state index contributed by atoms with van der Waals surface area (Å²) in [5.41, 5.74) is 2.33. The van der Waals surface area contributed by atoms with E-state index >= 15 is 0 Å². The van der Waals surface area contributed by atoms with Gasteiger partial charge in [0.2, 0.25) is 11.6 Å². The summed E-state index contributed by atoms with van der Waals surface area (Å²) in [4.78, 5) is 23.9. The lowest BCUT2D eigenvalue weighted by Gasteiger charge is -2.21. The zero-order chi connectivity index (χ0) is 22.5. The number of hydrogen-bond acceptors (Lipinski definition) is 6. The molecule has 0 aliphatic carbocycles. The summed E-state index contributed by atoms with van der Waals surface area (Å²) >= 11 is 5.67. The van der Waals surface area contributed by atoms with E-state index < -0.39 is 0 Å². The number of carbonyl (C=O) groups is 1. The van der Waals surface area contributed by atoms with E-state index in [-0.39, 0.29) is 17.5 Å². The first-order chi connectivity index (χ1) is 15.5. The maximum atomic E-state index is 12.5. The second-order valence-corrected chi connectivity index (χ2v) is 8.57. The number of unbranched alkanes of at least 4 members (excludes halogenated alkanes) is 1. The van der Waals surface area contributed by atoms with Crippen molar-refractivity contribution in [1.29, 1.82) is 0 Å². The summed E-state index contributed by atoms with van der Waals surface area (Å²) < 4.78 is 7.64. The molecule has 1 aliphatic heterocycles. The Bertz CT molecular complexity index is 1110. The molecule has 166 valence electrons. The molecule has 1 atom stereocenters. The van der Waals surface area contributed by atoms with Crippen LogP contribution < -0.4 is 9.64 Å². The SMILES string of the molecule is Cc1cccc(Cn2cnc(C(=O)CCCC[C@H]3COc4cccnc4N(C)C3=S)n2)c1. The molecule has 32 heavy (non-hydrogen) atoms. The Morgan fingerprint density at radius 1 is 1.22 bits per heavy atom. The molecule has 1 aromatic carbocycles. The van der Waals surface area contributed by atoms with Crippen LogP contribution in [-0.4, -0.2) is 44.2 Å². The molecule has 8 heteroatoms. The second kappa shape index (κ2) is 9.99. The monoisotopic (exact) mass is 449 g/mol. The van der Waals surface area contributed by atoms with Crippen molar-refractivity contribution in [2.24, 2.45) is 5.92 Å². The summed E-state index contributed by atoms with van der Waals surface area (Å²) in [6, 6.07) is 12.0. The average Bonchev–Trinajstić information content (AvgIpc) is 3.22. The van der Waals surface area contributed by atoms with Crippen molar-refractivity contribution in [2.45, 2.75) is 39.2 Å². The number of aromatic nitrogens is 4. The normalized spacial score (nSPS) is 15.8. The highest BCUT2D eigenvalue weighted by Gasteiger charge is 2.26. The smallest absolute Gasteiger partial charge is 0.217 e. The third-order valence-corrected chi connectivity index (χ3v) is 6.21. The lowest BCUT2D eigenvalue weighted by molar-refractivity contribution is 0.0968. The van der Waals surface area contributed by atoms with Crippen molar-refractivity contribution < 1.29 is 9.53 Å². The number of anilines is 1. The first kappa shape index (κ1) is 22.1. The quantitative estimate of drug-likeness (QED) is 0.289. The number of aryl methyl sites for hydroxylation is 1. The molecule has 0 spiro atoms. The molecule has 0 bridgehead atoms. The third kappa shape index (κ3) is 5.19. The number of carbonyl (C=O) groups excluding carboxylic acids is 1. The number of pyridine rings is 1. The summed E-state index contributed by atoms with van der Waals surface area (Å²) in [7, 11) is 1.93. The first-order valence-electron chi connectivity index (χ1n) is 10.8. The molecule has 4 rings (SSSR count). The number of fused-ring (bicyclic) bond motifs is 1. The van der Waals surface area contributed by atoms with E-state index in [1.54, 1.807) is 17.2 Å². The molecule has 3 heterocycles. The Morgan fingerprint density at radius 2 is 2.09 bits per heavy atom. The van der Waals surface area contributed by atoms with Gasteiger partial charge in [-0.3, -0.25) is 4.79 Å². The summed E-state index contributed by atoms with van der Waals surface area (Å²) in [5.74, 6) is 1.88. The minimum absolute atomic E-state index is 0.0265. The first-order valence-corrected chi connectivity index (χ1v) is 11.3. The Hall–Kier alpha value is -3.13. The number of ether oxygens (including phenoxy) is 1. The van der Waals surface area contributed by atoms with Crippen molar-refractivity contribution in [3.63, 3.8) is 0 Å². The van der Waals surface area contributed by atoms with Gasteiger partial charge in [0.25, 0.3) is 0 Å². The molecule has 0 radical (unpaired) electrons. The van der Waals surface area contributed by atoms with E-state index in [1.807, 2.05) is 36.2 Å². The molecule has 7 nitrogen and oxygen atoms in total. The highest BCUT2D eigenvalue weighted by Crippen LogP contribution is 2.31. The minimum atomic E-state index is -0.0265. The van der Waals surface area contributed by atoms with Gasteiger partial charge in [0.1, 0.15) is 6.33 Å². The highest BCUT2D eigenvalue weighted by molar-refractivity contribution is 7.80. The number of nitrogens with zero attached hydrogens (tertiary/aromatic N) is 5. The Balaban J connectivity index is 1.25. The van der Waals surface area contributed by atoms with Gasteiger partial charge in [-0.2, -0.15) is 0 Å². The molecular formula is C24H27N5O2S. The van der Waals surface area contributed by atoms with Crippen LogP contribution in [0.15, 0.2) is 48.9 Å². The molecule has 3 aromatic rings. The van der Waals surface area contributed by atoms with Crippen LogP contribution in [0.4, 0.5) is 5.82 Å². The Kier molecular flexibility index (Phi) is 6.90. The molecule has 1 aliphatic rings. The number of rotatable bonds is 8. The van der Waals surface area contributed by atoms with Gasteiger partial charge < -0.3 is 9.64 Å². The number of Topliss-reactive ketones (excluding diaryl/α,β-unsaturated/α-hetero) is 1. The van der Waals surface area contributed by atoms with E-state index in [0.717, 1.165) is 41.4 Å². The van der Waals surface area contributed by atoms with E-state index in [4.69, 9.17) is 17.0 Å². The largest absolute Gasteiger partial charge is 0.489 e. The molecular weight excluding hydrogens is 422 g/mol. The molecule has 0 amide bonds. The Labute approximate surface area is 193 Å². The lowest BCUT2D eigenvalue weighted by atomic mass is 10.0. The fourth-order valence-electron chi connectivity index (χ4n) is 3.88. The molecule has 2 aromatic heterocycles. The second-order valence-electron chi connectivity index (χ2n) is 8.15. The fourth-order valence-corrected chi connectivity index (χ4v) is 4.15. The number of benzene rings is 1. The van der Waals surface area contributed by atoms with Gasteiger partial charge in [-0.1, -0.05) is 48.5 Å². The van der Waals surface area contributed by atoms with Gasteiger partial charge in [-0.25, -0.2) is 14.6 Å². The van der Waals surface area contributed by atoms with Crippen LogP contribution in [0.25, 0.3) is 0 Å². The molecule has 0 fully saturated rings. The van der Waals surface area contributed by atoms with E-state index in [9.17, 15) is 4.79 Å². The van der Waals surface area contributed by atoms with Crippen molar-refractivity contribution >= 4 is 28.8 Å². The molecule has 0 saturated carbocycles. The summed E-state index contributed by atoms with van der Waals surface area (Å²) in [6.45, 7) is 3.19. The molecule has 0 unspecified atom stereocenters. The van der Waals surface area contributed by atoms with Crippen LogP contribution in [0.2, 0.25) is 0 Å². The van der Waals surface area contributed by atoms with Gasteiger partial charge in [0.05, 0.1) is 18.1 Å². The van der Waals surface area contributed by atoms with Crippen molar-refractivity contribution in [3.05, 3.63) is 65.9 Å². The number of thiocarbonyl (C=S) groups is 1. The van der Waals surface area contributed by atoms with E-state index in [0.29, 0.717) is 19.6 Å². The standard InChI is InChI=1S/C24H27N5O2S/c1-17-7-5-8-18(13-17)14-29-16-26-22(27-29)20(30)10-4-3-9-19-15-31-21-11-6-12-25-23(21)28(2)24(19)32/h5-8,11-13,16,19H,3-4,9-10,14-15H2,1-2H3/t19-/m0/s1. The van der Waals surface area contributed by atoms with E-state index in [2.05, 4.69) is 34.1 Å². The zero-order valence-corrected chi connectivity index (χ0v) is 19.2. The summed E-state index contributed by atoms with van der Waals surface area (Å²) in [5, 5.41) is 4.36. The van der Waals surface area contributed by atoms with Gasteiger partial charge in [0, 0.05) is 25.6 Å². The van der Waals surface area contributed by atoms with Crippen LogP contribution in [0, 0.1) is 12.8 Å². The van der Waals surface area contributed by atoms with Gasteiger partial charge in [-0.15, -0.1) is 5.10 Å². The molecule has 0 N–H and O–H groups in total.